The van der Waals surface area contributed by atoms with E-state index in [4.69, 9.17) is 0 Å². The third-order valence-electron chi connectivity index (χ3n) is 3.26. The van der Waals surface area contributed by atoms with E-state index in [0.29, 0.717) is 23.7 Å². The summed E-state index contributed by atoms with van der Waals surface area (Å²) in [5.41, 5.74) is 0. The van der Waals surface area contributed by atoms with Gasteiger partial charge >= 0.3 is 0 Å². The summed E-state index contributed by atoms with van der Waals surface area (Å²) in [6.07, 6.45) is 3.04. The highest BCUT2D eigenvalue weighted by molar-refractivity contribution is 7.91. The number of carbonyl (C=O) groups excluding carboxylic acids is 1. The van der Waals surface area contributed by atoms with Crippen LogP contribution in [0.15, 0.2) is 34.4 Å². The Morgan fingerprint density at radius 1 is 1.60 bits per heavy atom. The Hall–Kier alpha value is -1.18. The number of piperidine rings is 1. The standard InChI is InChI=1S/C13H18N2O3S2/c1-2-7-14-13(16)11-5-3-8-15(10-11)20(17,18)12-6-4-9-19-12/h2,4,6,9,11H,1,3,5,7-8,10H2,(H,14,16). The maximum absolute atomic E-state index is 12.4. The molecule has 1 amide bonds. The predicted octanol–water partition coefficient (Wildman–Crippen LogP) is 1.45. The Bertz CT molecular complexity index is 566. The summed E-state index contributed by atoms with van der Waals surface area (Å²) in [7, 11) is -3.45. The van der Waals surface area contributed by atoms with E-state index in [1.54, 1.807) is 23.6 Å². The van der Waals surface area contributed by atoms with Crippen molar-refractivity contribution in [2.24, 2.45) is 5.92 Å². The molecule has 1 aromatic heterocycles. The van der Waals surface area contributed by atoms with Gasteiger partial charge in [0.25, 0.3) is 10.0 Å². The van der Waals surface area contributed by atoms with E-state index in [1.807, 2.05) is 0 Å². The summed E-state index contributed by atoms with van der Waals surface area (Å²) in [6.45, 7) is 4.69. The molecule has 1 aliphatic heterocycles. The van der Waals surface area contributed by atoms with Crippen LogP contribution in [0.2, 0.25) is 0 Å². The van der Waals surface area contributed by atoms with E-state index in [9.17, 15) is 13.2 Å². The van der Waals surface area contributed by atoms with E-state index in [1.165, 1.54) is 15.6 Å². The molecule has 20 heavy (non-hydrogen) atoms. The lowest BCUT2D eigenvalue weighted by Crippen LogP contribution is -2.45. The van der Waals surface area contributed by atoms with Gasteiger partial charge in [0, 0.05) is 19.6 Å². The minimum Gasteiger partial charge on any atom is -0.352 e. The van der Waals surface area contributed by atoms with Crippen LogP contribution in [-0.4, -0.2) is 38.3 Å². The molecule has 0 bridgehead atoms. The second-order valence-electron chi connectivity index (χ2n) is 4.67. The van der Waals surface area contributed by atoms with Crippen LogP contribution in [0.4, 0.5) is 0 Å². The SMILES string of the molecule is C=CCNC(=O)C1CCCN(S(=O)(=O)c2cccs2)C1. The van der Waals surface area contributed by atoms with Gasteiger partial charge in [-0.15, -0.1) is 17.9 Å². The predicted molar refractivity (Wildman–Crippen MR) is 79.0 cm³/mol. The van der Waals surface area contributed by atoms with Gasteiger partial charge in [-0.2, -0.15) is 4.31 Å². The average Bonchev–Trinajstić information content (AvgIpc) is 2.99. The summed E-state index contributed by atoms with van der Waals surface area (Å²) in [5.74, 6) is -0.380. The molecule has 1 atom stereocenters. The normalized spacial score (nSPS) is 20.5. The summed E-state index contributed by atoms with van der Waals surface area (Å²) in [6, 6.07) is 3.32. The van der Waals surface area contributed by atoms with Crippen molar-refractivity contribution >= 4 is 27.3 Å². The number of amides is 1. The van der Waals surface area contributed by atoms with Gasteiger partial charge in [0.05, 0.1) is 5.92 Å². The van der Waals surface area contributed by atoms with Crippen molar-refractivity contribution < 1.29 is 13.2 Å². The fraction of sp³-hybridized carbons (Fsp3) is 0.462. The highest BCUT2D eigenvalue weighted by Gasteiger charge is 2.33. The highest BCUT2D eigenvalue weighted by Crippen LogP contribution is 2.26. The quantitative estimate of drug-likeness (QED) is 0.837. The van der Waals surface area contributed by atoms with Crippen LogP contribution >= 0.6 is 11.3 Å². The molecule has 1 fully saturated rings. The molecular weight excluding hydrogens is 296 g/mol. The Morgan fingerprint density at radius 2 is 2.40 bits per heavy atom. The third kappa shape index (κ3) is 3.28. The molecule has 0 saturated carbocycles. The third-order valence-corrected chi connectivity index (χ3v) is 6.50. The first kappa shape index (κ1) is 15.2. The van der Waals surface area contributed by atoms with Gasteiger partial charge < -0.3 is 5.32 Å². The van der Waals surface area contributed by atoms with Crippen molar-refractivity contribution in [2.75, 3.05) is 19.6 Å². The molecule has 0 spiro atoms. The molecule has 0 radical (unpaired) electrons. The van der Waals surface area contributed by atoms with Crippen LogP contribution in [0.3, 0.4) is 0 Å². The first-order valence-corrected chi connectivity index (χ1v) is 8.80. The Morgan fingerprint density at radius 3 is 3.05 bits per heavy atom. The van der Waals surface area contributed by atoms with Crippen molar-refractivity contribution in [2.45, 2.75) is 17.1 Å². The topological polar surface area (TPSA) is 66.5 Å². The van der Waals surface area contributed by atoms with Gasteiger partial charge in [0.15, 0.2) is 0 Å². The number of hydrogen-bond acceptors (Lipinski definition) is 4. The summed E-state index contributed by atoms with van der Waals surface area (Å²) in [4.78, 5) is 11.9. The fourth-order valence-electron chi connectivity index (χ4n) is 2.23. The van der Waals surface area contributed by atoms with Crippen LogP contribution in [0.1, 0.15) is 12.8 Å². The molecular formula is C13H18N2O3S2. The molecule has 0 aliphatic carbocycles. The molecule has 2 rings (SSSR count). The van der Waals surface area contributed by atoms with E-state index in [0.717, 1.165) is 6.42 Å². The zero-order valence-electron chi connectivity index (χ0n) is 11.1. The van der Waals surface area contributed by atoms with Crippen molar-refractivity contribution in [3.05, 3.63) is 30.2 Å². The molecule has 2 heterocycles. The first-order chi connectivity index (χ1) is 9.55. The van der Waals surface area contributed by atoms with Crippen LogP contribution in [0.25, 0.3) is 0 Å². The number of hydrogen-bond donors (Lipinski definition) is 1. The molecule has 0 aromatic carbocycles. The van der Waals surface area contributed by atoms with Crippen LogP contribution in [0, 0.1) is 5.92 Å². The maximum Gasteiger partial charge on any atom is 0.252 e. The molecule has 1 saturated heterocycles. The number of thiophene rings is 1. The Labute approximate surface area is 123 Å². The van der Waals surface area contributed by atoms with E-state index >= 15 is 0 Å². The fourth-order valence-corrected chi connectivity index (χ4v) is 4.90. The van der Waals surface area contributed by atoms with Crippen molar-refractivity contribution in [1.82, 2.24) is 9.62 Å². The van der Waals surface area contributed by atoms with Gasteiger partial charge in [0.1, 0.15) is 4.21 Å². The molecule has 1 N–H and O–H groups in total. The molecule has 7 heteroatoms. The van der Waals surface area contributed by atoms with Gasteiger partial charge in [-0.25, -0.2) is 8.42 Å². The summed E-state index contributed by atoms with van der Waals surface area (Å²) in [5, 5.41) is 4.47. The molecule has 5 nitrogen and oxygen atoms in total. The molecule has 1 aromatic rings. The second-order valence-corrected chi connectivity index (χ2v) is 7.78. The van der Waals surface area contributed by atoms with Crippen LogP contribution in [0.5, 0.6) is 0 Å². The van der Waals surface area contributed by atoms with Gasteiger partial charge in [-0.05, 0) is 24.3 Å². The number of sulfonamides is 1. The van der Waals surface area contributed by atoms with Gasteiger partial charge in [-0.3, -0.25) is 4.79 Å². The minimum atomic E-state index is -3.45. The first-order valence-electron chi connectivity index (χ1n) is 6.48. The molecule has 1 aliphatic rings. The van der Waals surface area contributed by atoms with Crippen molar-refractivity contribution in [3.63, 3.8) is 0 Å². The maximum atomic E-state index is 12.4. The Kier molecular flexibility index (Phi) is 4.95. The summed E-state index contributed by atoms with van der Waals surface area (Å²) >= 11 is 1.20. The lowest BCUT2D eigenvalue weighted by molar-refractivity contribution is -0.125. The Balaban J connectivity index is 2.07. The van der Waals surface area contributed by atoms with Crippen LogP contribution in [-0.2, 0) is 14.8 Å². The van der Waals surface area contributed by atoms with Gasteiger partial charge in [0.2, 0.25) is 5.91 Å². The number of carbonyl (C=O) groups is 1. The van der Waals surface area contributed by atoms with Crippen molar-refractivity contribution in [3.8, 4) is 0 Å². The van der Waals surface area contributed by atoms with Gasteiger partial charge in [-0.1, -0.05) is 12.1 Å². The van der Waals surface area contributed by atoms with Crippen LogP contribution < -0.4 is 5.32 Å². The number of nitrogens with zero attached hydrogens (tertiary/aromatic N) is 1. The largest absolute Gasteiger partial charge is 0.352 e. The lowest BCUT2D eigenvalue weighted by atomic mass is 9.99. The monoisotopic (exact) mass is 314 g/mol. The van der Waals surface area contributed by atoms with E-state index in [2.05, 4.69) is 11.9 Å². The molecule has 1 unspecified atom stereocenters. The highest BCUT2D eigenvalue weighted by atomic mass is 32.2. The number of rotatable bonds is 5. The minimum absolute atomic E-state index is 0.101. The average molecular weight is 314 g/mol. The van der Waals surface area contributed by atoms with E-state index in [-0.39, 0.29) is 18.4 Å². The second kappa shape index (κ2) is 6.51. The number of nitrogens with one attached hydrogen (secondary N) is 1. The summed E-state index contributed by atoms with van der Waals surface area (Å²) < 4.78 is 26.6. The zero-order chi connectivity index (χ0) is 14.6. The zero-order valence-corrected chi connectivity index (χ0v) is 12.8. The lowest BCUT2D eigenvalue weighted by Gasteiger charge is -2.30. The van der Waals surface area contributed by atoms with Crippen molar-refractivity contribution in [1.29, 1.82) is 0 Å². The molecule has 110 valence electrons. The van der Waals surface area contributed by atoms with E-state index < -0.39 is 10.0 Å². The smallest absolute Gasteiger partial charge is 0.252 e.